The average molecular weight is 223 g/mol. The van der Waals surface area contributed by atoms with Gasteiger partial charge in [0.1, 0.15) is 11.3 Å². The van der Waals surface area contributed by atoms with Crippen LogP contribution < -0.4 is 0 Å². The van der Waals surface area contributed by atoms with Gasteiger partial charge in [-0.15, -0.1) is 0 Å². The number of aromatic nitrogens is 4. The summed E-state index contributed by atoms with van der Waals surface area (Å²) in [7, 11) is 0. The zero-order valence-electron chi connectivity index (χ0n) is 8.44. The monoisotopic (exact) mass is 222 g/mol. The molecule has 0 aromatic carbocycles. The van der Waals surface area contributed by atoms with E-state index in [-0.39, 0.29) is 0 Å². The molecule has 0 amide bonds. The first-order chi connectivity index (χ1) is 7.31. The van der Waals surface area contributed by atoms with Gasteiger partial charge in [0.15, 0.2) is 10.8 Å². The zero-order valence-corrected chi connectivity index (χ0v) is 9.20. The number of nitrogens with zero attached hydrogens (tertiary/aromatic N) is 4. The highest BCUT2D eigenvalue weighted by Gasteiger charge is 2.06. The molecule has 2 aromatic rings. The van der Waals surface area contributed by atoms with Crippen molar-refractivity contribution < 1.29 is 0 Å². The van der Waals surface area contributed by atoms with E-state index in [1.165, 1.54) is 0 Å². The lowest BCUT2D eigenvalue weighted by Gasteiger charge is -2.01. The number of rotatable bonds is 3. The van der Waals surface area contributed by atoms with Crippen LogP contribution in [0.4, 0.5) is 0 Å². The summed E-state index contributed by atoms with van der Waals surface area (Å²) >= 11 is 5.99. The van der Waals surface area contributed by atoms with E-state index >= 15 is 0 Å². The van der Waals surface area contributed by atoms with Gasteiger partial charge in [0.25, 0.3) is 0 Å². The van der Waals surface area contributed by atoms with Gasteiger partial charge in [-0.1, -0.05) is 24.9 Å². The maximum absolute atomic E-state index is 5.99. The Bertz CT molecular complexity index is 472. The number of hydrogen-bond acceptors (Lipinski definition) is 4. The molecule has 2 rings (SSSR count). The highest BCUT2D eigenvalue weighted by atomic mass is 35.5. The van der Waals surface area contributed by atoms with Gasteiger partial charge < -0.3 is 0 Å². The molecule has 78 valence electrons. The van der Waals surface area contributed by atoms with Crippen LogP contribution in [0.25, 0.3) is 11.2 Å². The van der Waals surface area contributed by atoms with Crippen molar-refractivity contribution in [1.82, 2.24) is 19.9 Å². The van der Waals surface area contributed by atoms with Gasteiger partial charge in [0.2, 0.25) is 0 Å². The summed E-state index contributed by atoms with van der Waals surface area (Å²) in [6.45, 7) is 2.13. The van der Waals surface area contributed by atoms with Crippen LogP contribution in [-0.4, -0.2) is 19.9 Å². The average Bonchev–Trinajstić information content (AvgIpc) is 2.26. The largest absolute Gasteiger partial charge is 0.248 e. The predicted molar refractivity (Wildman–Crippen MR) is 58.8 cm³/mol. The van der Waals surface area contributed by atoms with Crippen LogP contribution in [0, 0.1) is 0 Å². The van der Waals surface area contributed by atoms with Gasteiger partial charge in [-0.2, -0.15) is 0 Å². The Hall–Kier alpha value is -1.29. The van der Waals surface area contributed by atoms with Crippen molar-refractivity contribution in [2.45, 2.75) is 26.2 Å². The predicted octanol–water partition coefficient (Wildman–Crippen LogP) is 2.42. The summed E-state index contributed by atoms with van der Waals surface area (Å²) < 4.78 is 0. The smallest absolute Gasteiger partial charge is 0.183 e. The molecule has 0 radical (unpaired) electrons. The first kappa shape index (κ1) is 10.2. The van der Waals surface area contributed by atoms with E-state index in [4.69, 9.17) is 11.6 Å². The molecule has 5 heteroatoms. The van der Waals surface area contributed by atoms with Crippen LogP contribution in [0.3, 0.4) is 0 Å². The third-order valence-corrected chi connectivity index (χ3v) is 2.35. The fourth-order valence-corrected chi connectivity index (χ4v) is 1.55. The Morgan fingerprint density at radius 2 is 2.00 bits per heavy atom. The SMILES string of the molecule is CCCCc1nc(Cl)c2nccnc2n1. The Kier molecular flexibility index (Phi) is 3.06. The summed E-state index contributed by atoms with van der Waals surface area (Å²) in [5, 5.41) is 0.388. The molecule has 0 aliphatic heterocycles. The minimum atomic E-state index is 0.388. The van der Waals surface area contributed by atoms with Crippen molar-refractivity contribution in [1.29, 1.82) is 0 Å². The first-order valence-corrected chi connectivity index (χ1v) is 5.32. The molecule has 0 aliphatic carbocycles. The summed E-state index contributed by atoms with van der Waals surface area (Å²) in [6, 6.07) is 0. The number of unbranched alkanes of at least 4 members (excludes halogenated alkanes) is 1. The van der Waals surface area contributed by atoms with Crippen LogP contribution in [0.2, 0.25) is 5.15 Å². The molecule has 0 spiro atoms. The number of hydrogen-bond donors (Lipinski definition) is 0. The molecular weight excluding hydrogens is 212 g/mol. The number of aryl methyl sites for hydroxylation is 1. The van der Waals surface area contributed by atoms with Crippen LogP contribution >= 0.6 is 11.6 Å². The lowest BCUT2D eigenvalue weighted by atomic mass is 10.2. The van der Waals surface area contributed by atoms with Crippen molar-refractivity contribution in [3.05, 3.63) is 23.4 Å². The molecule has 2 aromatic heterocycles. The van der Waals surface area contributed by atoms with Crippen molar-refractivity contribution >= 4 is 22.8 Å². The Balaban J connectivity index is 2.43. The number of fused-ring (bicyclic) bond motifs is 1. The van der Waals surface area contributed by atoms with Gasteiger partial charge in [-0.05, 0) is 6.42 Å². The summed E-state index contributed by atoms with van der Waals surface area (Å²) in [5.74, 6) is 0.745. The number of halogens is 1. The Labute approximate surface area is 92.8 Å². The standard InChI is InChI=1S/C10H11ClN4/c1-2-3-4-7-14-9(11)8-10(15-7)13-6-5-12-8/h5-6H,2-4H2,1H3. The molecule has 0 saturated heterocycles. The van der Waals surface area contributed by atoms with Crippen molar-refractivity contribution in [3.63, 3.8) is 0 Å². The summed E-state index contributed by atoms with van der Waals surface area (Å²) in [6.07, 6.45) is 6.20. The third kappa shape index (κ3) is 2.21. The molecule has 0 fully saturated rings. The van der Waals surface area contributed by atoms with Crippen LogP contribution in [0.5, 0.6) is 0 Å². The van der Waals surface area contributed by atoms with E-state index in [2.05, 4.69) is 26.9 Å². The molecule has 15 heavy (non-hydrogen) atoms. The van der Waals surface area contributed by atoms with Gasteiger partial charge in [0.05, 0.1) is 0 Å². The Morgan fingerprint density at radius 1 is 1.20 bits per heavy atom. The van der Waals surface area contributed by atoms with E-state index in [1.54, 1.807) is 12.4 Å². The second-order valence-corrected chi connectivity index (χ2v) is 3.62. The molecule has 0 saturated carbocycles. The highest BCUT2D eigenvalue weighted by Crippen LogP contribution is 2.16. The minimum absolute atomic E-state index is 0.388. The van der Waals surface area contributed by atoms with E-state index < -0.39 is 0 Å². The lowest BCUT2D eigenvalue weighted by Crippen LogP contribution is -1.98. The fourth-order valence-electron chi connectivity index (χ4n) is 1.32. The normalized spacial score (nSPS) is 10.8. The van der Waals surface area contributed by atoms with E-state index in [0.717, 1.165) is 25.1 Å². The van der Waals surface area contributed by atoms with E-state index in [0.29, 0.717) is 16.3 Å². The minimum Gasteiger partial charge on any atom is -0.248 e. The highest BCUT2D eigenvalue weighted by molar-refractivity contribution is 6.33. The molecule has 0 aliphatic rings. The third-order valence-electron chi connectivity index (χ3n) is 2.09. The van der Waals surface area contributed by atoms with Gasteiger partial charge in [0, 0.05) is 18.8 Å². The zero-order chi connectivity index (χ0) is 10.7. The van der Waals surface area contributed by atoms with Gasteiger partial charge in [-0.3, -0.25) is 0 Å². The van der Waals surface area contributed by atoms with Crippen molar-refractivity contribution in [2.24, 2.45) is 0 Å². The summed E-state index contributed by atoms with van der Waals surface area (Å²) in [5.41, 5.74) is 1.14. The summed E-state index contributed by atoms with van der Waals surface area (Å²) in [4.78, 5) is 16.7. The van der Waals surface area contributed by atoms with Gasteiger partial charge in [-0.25, -0.2) is 19.9 Å². The lowest BCUT2D eigenvalue weighted by molar-refractivity contribution is 0.755. The fraction of sp³-hybridized carbons (Fsp3) is 0.400. The first-order valence-electron chi connectivity index (χ1n) is 4.94. The molecule has 0 atom stereocenters. The topological polar surface area (TPSA) is 51.6 Å². The molecular formula is C10H11ClN4. The quantitative estimate of drug-likeness (QED) is 0.749. The molecule has 0 unspecified atom stereocenters. The molecule has 0 N–H and O–H groups in total. The van der Waals surface area contributed by atoms with Crippen LogP contribution in [0.15, 0.2) is 12.4 Å². The second-order valence-electron chi connectivity index (χ2n) is 3.26. The van der Waals surface area contributed by atoms with Crippen molar-refractivity contribution in [3.8, 4) is 0 Å². The van der Waals surface area contributed by atoms with E-state index in [1.807, 2.05) is 0 Å². The van der Waals surface area contributed by atoms with E-state index in [9.17, 15) is 0 Å². The maximum Gasteiger partial charge on any atom is 0.183 e. The maximum atomic E-state index is 5.99. The van der Waals surface area contributed by atoms with Crippen molar-refractivity contribution in [2.75, 3.05) is 0 Å². The second kappa shape index (κ2) is 4.49. The molecule has 2 heterocycles. The molecule has 0 bridgehead atoms. The molecule has 4 nitrogen and oxygen atoms in total. The van der Waals surface area contributed by atoms with Crippen LogP contribution in [0.1, 0.15) is 25.6 Å². The van der Waals surface area contributed by atoms with Crippen LogP contribution in [-0.2, 0) is 6.42 Å². The Morgan fingerprint density at radius 3 is 2.80 bits per heavy atom. The van der Waals surface area contributed by atoms with Gasteiger partial charge >= 0.3 is 0 Å².